The molecule has 0 saturated carbocycles. The number of amides is 1. The maximum absolute atomic E-state index is 12.8. The Morgan fingerprint density at radius 3 is 2.48 bits per heavy atom. The van der Waals surface area contributed by atoms with Gasteiger partial charge in [-0.25, -0.2) is 0 Å². The third kappa shape index (κ3) is 4.24. The summed E-state index contributed by atoms with van der Waals surface area (Å²) in [6, 6.07) is 15.0. The van der Waals surface area contributed by atoms with Crippen LogP contribution in [0.2, 0.25) is 0 Å². The van der Waals surface area contributed by atoms with Crippen molar-refractivity contribution in [1.29, 1.82) is 0 Å². The quantitative estimate of drug-likeness (QED) is 0.600. The van der Waals surface area contributed by atoms with Crippen LogP contribution >= 0.6 is 0 Å². The van der Waals surface area contributed by atoms with E-state index in [0.717, 1.165) is 5.52 Å². The van der Waals surface area contributed by atoms with Gasteiger partial charge in [0, 0.05) is 35.5 Å². The first-order valence-electron chi connectivity index (χ1n) is 9.79. The number of aromatic nitrogens is 1. The van der Waals surface area contributed by atoms with Gasteiger partial charge in [-0.05, 0) is 49.4 Å². The first-order valence-corrected chi connectivity index (χ1v) is 9.79. The molecule has 0 spiro atoms. The van der Waals surface area contributed by atoms with Crippen LogP contribution in [0.3, 0.4) is 0 Å². The molecule has 0 radical (unpaired) electrons. The summed E-state index contributed by atoms with van der Waals surface area (Å²) in [4.78, 5) is 16.2. The van der Waals surface area contributed by atoms with Gasteiger partial charge in [-0.2, -0.15) is 0 Å². The summed E-state index contributed by atoms with van der Waals surface area (Å²) >= 11 is 0. The van der Waals surface area contributed by atoms with Crippen molar-refractivity contribution in [1.82, 2.24) is 10.3 Å². The first kappa shape index (κ1) is 19.2. The van der Waals surface area contributed by atoms with Gasteiger partial charge < -0.3 is 10.3 Å². The van der Waals surface area contributed by atoms with Crippen LogP contribution in [0.4, 0.5) is 0 Å². The van der Waals surface area contributed by atoms with Crippen molar-refractivity contribution in [3.8, 4) is 0 Å². The molecule has 1 aromatic heterocycles. The maximum Gasteiger partial charge on any atom is 0.221 e. The van der Waals surface area contributed by atoms with Crippen LogP contribution in [-0.4, -0.2) is 16.9 Å². The Morgan fingerprint density at radius 2 is 1.78 bits per heavy atom. The molecule has 3 nitrogen and oxygen atoms in total. The van der Waals surface area contributed by atoms with E-state index in [1.165, 1.54) is 27.6 Å². The Hall–Kier alpha value is -2.55. The predicted octanol–water partition coefficient (Wildman–Crippen LogP) is 5.47. The van der Waals surface area contributed by atoms with Gasteiger partial charge in [-0.15, -0.1) is 0 Å². The number of fused-ring (bicyclic) bond motifs is 1. The van der Waals surface area contributed by atoms with E-state index in [1.54, 1.807) is 0 Å². The lowest BCUT2D eigenvalue weighted by atomic mass is 9.85. The summed E-state index contributed by atoms with van der Waals surface area (Å²) in [5.41, 5.74) is 5.99. The van der Waals surface area contributed by atoms with Gasteiger partial charge in [0.15, 0.2) is 0 Å². The Balaban J connectivity index is 2.00. The standard InChI is InChI=1S/C24H30N2O/c1-15(2)18(5)26-24(27)13-21(19-11-10-16(3)12-17(19)4)22-14-25-23-9-7-6-8-20(22)23/h6-12,14-15,18,21,25H,13H2,1-5H3,(H,26,27)/t18-,21+/m1/s1. The largest absolute Gasteiger partial charge is 0.361 e. The molecule has 27 heavy (non-hydrogen) atoms. The minimum atomic E-state index is 0.0288. The van der Waals surface area contributed by atoms with Crippen molar-refractivity contribution < 1.29 is 4.79 Å². The van der Waals surface area contributed by atoms with Gasteiger partial charge in [0.05, 0.1) is 0 Å². The normalized spacial score (nSPS) is 13.7. The van der Waals surface area contributed by atoms with Gasteiger partial charge in [-0.3, -0.25) is 4.79 Å². The fourth-order valence-corrected chi connectivity index (χ4v) is 3.65. The zero-order chi connectivity index (χ0) is 19.6. The second-order valence-electron chi connectivity index (χ2n) is 8.01. The van der Waals surface area contributed by atoms with Crippen LogP contribution in [0.1, 0.15) is 55.4 Å². The molecule has 142 valence electrons. The number of aryl methyl sites for hydroxylation is 2. The van der Waals surface area contributed by atoms with E-state index in [-0.39, 0.29) is 17.9 Å². The van der Waals surface area contributed by atoms with E-state index in [4.69, 9.17) is 0 Å². The van der Waals surface area contributed by atoms with E-state index in [1.807, 2.05) is 6.07 Å². The number of carbonyl (C=O) groups excluding carboxylic acids is 1. The van der Waals surface area contributed by atoms with Crippen molar-refractivity contribution in [2.45, 2.75) is 53.0 Å². The Kier molecular flexibility index (Phi) is 5.69. The molecule has 0 unspecified atom stereocenters. The molecule has 0 saturated heterocycles. The molecule has 0 aliphatic carbocycles. The van der Waals surface area contributed by atoms with Crippen LogP contribution in [0.25, 0.3) is 10.9 Å². The van der Waals surface area contributed by atoms with E-state index in [2.05, 4.69) is 87.5 Å². The monoisotopic (exact) mass is 362 g/mol. The zero-order valence-corrected chi connectivity index (χ0v) is 17.0. The maximum atomic E-state index is 12.8. The van der Waals surface area contributed by atoms with Crippen molar-refractivity contribution in [3.63, 3.8) is 0 Å². The molecule has 0 aliphatic rings. The average Bonchev–Trinajstić information content (AvgIpc) is 3.04. The van der Waals surface area contributed by atoms with Crippen LogP contribution in [-0.2, 0) is 4.79 Å². The van der Waals surface area contributed by atoms with Crippen molar-refractivity contribution in [2.75, 3.05) is 0 Å². The Morgan fingerprint density at radius 1 is 1.04 bits per heavy atom. The SMILES string of the molecule is Cc1ccc([C@H](CC(=O)N[C@H](C)C(C)C)c2c[nH]c3ccccc23)c(C)c1. The molecule has 0 bridgehead atoms. The number of para-hydroxylation sites is 1. The number of aromatic amines is 1. The lowest BCUT2D eigenvalue weighted by molar-refractivity contribution is -0.122. The van der Waals surface area contributed by atoms with Gasteiger partial charge in [0.1, 0.15) is 0 Å². The molecule has 3 aromatic rings. The topological polar surface area (TPSA) is 44.9 Å². The van der Waals surface area contributed by atoms with E-state index in [9.17, 15) is 4.79 Å². The molecule has 3 heteroatoms. The molecule has 0 aliphatic heterocycles. The van der Waals surface area contributed by atoms with Crippen LogP contribution in [0.5, 0.6) is 0 Å². The molecule has 2 N–H and O–H groups in total. The van der Waals surface area contributed by atoms with Gasteiger partial charge in [-0.1, -0.05) is 55.8 Å². The number of rotatable bonds is 6. The highest BCUT2D eigenvalue weighted by Gasteiger charge is 2.23. The van der Waals surface area contributed by atoms with Gasteiger partial charge in [0.25, 0.3) is 0 Å². The number of H-pyrrole nitrogens is 1. The second-order valence-corrected chi connectivity index (χ2v) is 8.01. The molecular formula is C24H30N2O. The molecule has 1 amide bonds. The van der Waals surface area contributed by atoms with Crippen LogP contribution in [0, 0.1) is 19.8 Å². The van der Waals surface area contributed by atoms with Crippen molar-refractivity contribution in [2.24, 2.45) is 5.92 Å². The highest BCUT2D eigenvalue weighted by molar-refractivity contribution is 5.86. The van der Waals surface area contributed by atoms with Gasteiger partial charge >= 0.3 is 0 Å². The minimum Gasteiger partial charge on any atom is -0.361 e. The smallest absolute Gasteiger partial charge is 0.221 e. The molecule has 2 aromatic carbocycles. The van der Waals surface area contributed by atoms with Crippen LogP contribution < -0.4 is 5.32 Å². The van der Waals surface area contributed by atoms with E-state index >= 15 is 0 Å². The summed E-state index contributed by atoms with van der Waals surface area (Å²) < 4.78 is 0. The van der Waals surface area contributed by atoms with Crippen LogP contribution in [0.15, 0.2) is 48.7 Å². The van der Waals surface area contributed by atoms with Crippen molar-refractivity contribution >= 4 is 16.8 Å². The lowest BCUT2D eigenvalue weighted by Gasteiger charge is -2.22. The summed E-state index contributed by atoms with van der Waals surface area (Å²) in [5, 5.41) is 4.36. The molecular weight excluding hydrogens is 332 g/mol. The molecule has 0 fully saturated rings. The lowest BCUT2D eigenvalue weighted by Crippen LogP contribution is -2.36. The fourth-order valence-electron chi connectivity index (χ4n) is 3.65. The average molecular weight is 363 g/mol. The summed E-state index contributed by atoms with van der Waals surface area (Å²) in [6.07, 6.45) is 2.51. The third-order valence-electron chi connectivity index (χ3n) is 5.58. The number of hydrogen-bond acceptors (Lipinski definition) is 1. The Bertz CT molecular complexity index is 938. The second kappa shape index (κ2) is 7.99. The zero-order valence-electron chi connectivity index (χ0n) is 17.0. The highest BCUT2D eigenvalue weighted by Crippen LogP contribution is 2.35. The molecule has 2 atom stereocenters. The highest BCUT2D eigenvalue weighted by atomic mass is 16.1. The van der Waals surface area contributed by atoms with Crippen molar-refractivity contribution in [3.05, 3.63) is 70.9 Å². The predicted molar refractivity (Wildman–Crippen MR) is 113 cm³/mol. The Labute approximate surface area is 162 Å². The fraction of sp³-hybridized carbons (Fsp3) is 0.375. The summed E-state index contributed by atoms with van der Waals surface area (Å²) in [7, 11) is 0. The van der Waals surface area contributed by atoms with E-state index in [0.29, 0.717) is 12.3 Å². The number of hydrogen-bond donors (Lipinski definition) is 2. The molecule has 3 rings (SSSR count). The number of benzene rings is 2. The van der Waals surface area contributed by atoms with Gasteiger partial charge in [0.2, 0.25) is 5.91 Å². The third-order valence-corrected chi connectivity index (χ3v) is 5.58. The van der Waals surface area contributed by atoms with E-state index < -0.39 is 0 Å². The summed E-state index contributed by atoms with van der Waals surface area (Å²) in [6.45, 7) is 10.6. The minimum absolute atomic E-state index is 0.0288. The molecule has 1 heterocycles. The first-order chi connectivity index (χ1) is 12.9. The summed E-state index contributed by atoms with van der Waals surface area (Å²) in [5.74, 6) is 0.550. The number of carbonyl (C=O) groups is 1. The number of nitrogens with one attached hydrogen (secondary N) is 2.